The van der Waals surface area contributed by atoms with Gasteiger partial charge in [0.1, 0.15) is 6.79 Å². The van der Waals surface area contributed by atoms with E-state index in [0.29, 0.717) is 6.79 Å². The molecule has 2 heterocycles. The third-order valence-electron chi connectivity index (χ3n) is 2.73. The minimum absolute atomic E-state index is 0.209. The third-order valence-corrected chi connectivity index (χ3v) is 3.71. The van der Waals surface area contributed by atoms with Gasteiger partial charge in [0.2, 0.25) is 0 Å². The van der Waals surface area contributed by atoms with Crippen LogP contribution in [0.3, 0.4) is 0 Å². The molecule has 2 nitrogen and oxygen atoms in total. The Kier molecular flexibility index (Phi) is 2.44. The largest absolute Gasteiger partial charge is 0.355 e. The molecule has 0 radical (unpaired) electrons. The van der Waals surface area contributed by atoms with Crippen LogP contribution in [0.4, 0.5) is 0 Å². The van der Waals surface area contributed by atoms with E-state index >= 15 is 0 Å². The average molecular weight is 220 g/mol. The van der Waals surface area contributed by atoms with Gasteiger partial charge in [-0.1, -0.05) is 18.2 Å². The molecule has 3 rings (SSSR count). The number of thiophene rings is 1. The van der Waals surface area contributed by atoms with Crippen LogP contribution >= 0.6 is 11.3 Å². The Labute approximate surface area is 92.4 Å². The standard InChI is InChI=1S/C12H12O2S/c1-2-9-5-7-15-12(9)10(3-1)11-4-6-13-8-14-11/h1-3,5,7,11H,4,6,8H2. The molecule has 1 aliphatic heterocycles. The second-order valence-electron chi connectivity index (χ2n) is 3.66. The summed E-state index contributed by atoms with van der Waals surface area (Å²) < 4.78 is 12.2. The molecule has 3 heteroatoms. The lowest BCUT2D eigenvalue weighted by Crippen LogP contribution is -2.17. The number of rotatable bonds is 1. The zero-order valence-corrected chi connectivity index (χ0v) is 9.13. The van der Waals surface area contributed by atoms with Crippen molar-refractivity contribution < 1.29 is 9.47 Å². The van der Waals surface area contributed by atoms with Gasteiger partial charge in [-0.15, -0.1) is 11.3 Å². The fraction of sp³-hybridized carbons (Fsp3) is 0.333. The third kappa shape index (κ3) is 1.67. The van der Waals surface area contributed by atoms with Gasteiger partial charge in [0.05, 0.1) is 12.7 Å². The van der Waals surface area contributed by atoms with E-state index in [2.05, 4.69) is 29.6 Å². The predicted molar refractivity (Wildman–Crippen MR) is 61.1 cm³/mol. The summed E-state index contributed by atoms with van der Waals surface area (Å²) in [5.41, 5.74) is 1.31. The predicted octanol–water partition coefficient (Wildman–Crippen LogP) is 3.34. The highest BCUT2D eigenvalue weighted by Gasteiger charge is 2.18. The summed E-state index contributed by atoms with van der Waals surface area (Å²) >= 11 is 1.79. The van der Waals surface area contributed by atoms with Gasteiger partial charge in [-0.05, 0) is 22.4 Å². The SMILES string of the molecule is c1cc(C2CCOCO2)c2sccc2c1. The van der Waals surface area contributed by atoms with Crippen LogP contribution in [0.1, 0.15) is 18.1 Å². The molecule has 1 unspecified atom stereocenters. The Hall–Kier alpha value is -0.900. The lowest BCUT2D eigenvalue weighted by atomic mass is 10.0. The van der Waals surface area contributed by atoms with E-state index in [4.69, 9.17) is 9.47 Å². The average Bonchev–Trinajstić information content (AvgIpc) is 2.78. The molecule has 15 heavy (non-hydrogen) atoms. The Balaban J connectivity index is 2.05. The van der Waals surface area contributed by atoms with Gasteiger partial charge in [-0.3, -0.25) is 0 Å². The van der Waals surface area contributed by atoms with Crippen molar-refractivity contribution in [3.63, 3.8) is 0 Å². The van der Waals surface area contributed by atoms with Crippen molar-refractivity contribution in [3.05, 3.63) is 35.2 Å². The van der Waals surface area contributed by atoms with Crippen LogP contribution in [0.5, 0.6) is 0 Å². The Bertz CT molecular complexity index is 457. The first-order valence-electron chi connectivity index (χ1n) is 5.10. The van der Waals surface area contributed by atoms with E-state index in [1.165, 1.54) is 15.6 Å². The highest BCUT2D eigenvalue weighted by atomic mass is 32.1. The normalized spacial score (nSPS) is 22.0. The monoisotopic (exact) mass is 220 g/mol. The van der Waals surface area contributed by atoms with Crippen LogP contribution < -0.4 is 0 Å². The molecule has 0 spiro atoms. The molecule has 1 aliphatic rings. The quantitative estimate of drug-likeness (QED) is 0.734. The second kappa shape index (κ2) is 3.93. The van der Waals surface area contributed by atoms with E-state index in [9.17, 15) is 0 Å². The van der Waals surface area contributed by atoms with Crippen molar-refractivity contribution in [1.29, 1.82) is 0 Å². The number of hydrogen-bond donors (Lipinski definition) is 0. The lowest BCUT2D eigenvalue weighted by Gasteiger charge is -2.23. The van der Waals surface area contributed by atoms with E-state index < -0.39 is 0 Å². The van der Waals surface area contributed by atoms with Crippen LogP contribution in [0.25, 0.3) is 10.1 Å². The zero-order valence-electron chi connectivity index (χ0n) is 8.31. The molecule has 0 saturated carbocycles. The minimum atomic E-state index is 0.209. The molecule has 0 bridgehead atoms. The number of fused-ring (bicyclic) bond motifs is 1. The van der Waals surface area contributed by atoms with Gasteiger partial charge in [-0.2, -0.15) is 0 Å². The maximum Gasteiger partial charge on any atom is 0.147 e. The Morgan fingerprint density at radius 3 is 3.13 bits per heavy atom. The van der Waals surface area contributed by atoms with Gasteiger partial charge < -0.3 is 9.47 Å². The van der Waals surface area contributed by atoms with E-state index in [0.717, 1.165) is 13.0 Å². The van der Waals surface area contributed by atoms with Gasteiger partial charge in [0.15, 0.2) is 0 Å². The first-order valence-corrected chi connectivity index (χ1v) is 5.98. The van der Waals surface area contributed by atoms with Gasteiger partial charge >= 0.3 is 0 Å². The minimum Gasteiger partial charge on any atom is -0.355 e. The summed E-state index contributed by atoms with van der Waals surface area (Å²) in [5, 5.41) is 3.45. The topological polar surface area (TPSA) is 18.5 Å². The lowest BCUT2D eigenvalue weighted by molar-refractivity contribution is -0.140. The Morgan fingerprint density at radius 1 is 1.27 bits per heavy atom. The van der Waals surface area contributed by atoms with Crippen LogP contribution in [0.2, 0.25) is 0 Å². The van der Waals surface area contributed by atoms with Crippen LogP contribution in [0, 0.1) is 0 Å². The molecule has 2 aromatic rings. The number of benzene rings is 1. The molecule has 0 N–H and O–H groups in total. The smallest absolute Gasteiger partial charge is 0.147 e. The van der Waals surface area contributed by atoms with E-state index in [1.54, 1.807) is 11.3 Å². The molecule has 1 fully saturated rings. The van der Waals surface area contributed by atoms with Crippen molar-refractivity contribution in [2.24, 2.45) is 0 Å². The number of hydrogen-bond acceptors (Lipinski definition) is 3. The molecule has 1 aromatic carbocycles. The molecule has 1 saturated heterocycles. The fourth-order valence-corrected chi connectivity index (χ4v) is 2.94. The number of ether oxygens (including phenoxy) is 2. The molecule has 1 aromatic heterocycles. The highest BCUT2D eigenvalue weighted by Crippen LogP contribution is 2.33. The van der Waals surface area contributed by atoms with Crippen molar-refractivity contribution in [2.45, 2.75) is 12.5 Å². The summed E-state index contributed by atoms with van der Waals surface area (Å²) in [6, 6.07) is 8.56. The van der Waals surface area contributed by atoms with Gasteiger partial charge in [0.25, 0.3) is 0 Å². The molecule has 0 amide bonds. The highest BCUT2D eigenvalue weighted by molar-refractivity contribution is 7.17. The maximum absolute atomic E-state index is 5.63. The zero-order chi connectivity index (χ0) is 10.1. The maximum atomic E-state index is 5.63. The van der Waals surface area contributed by atoms with Crippen LogP contribution in [-0.2, 0) is 9.47 Å². The molecule has 78 valence electrons. The Morgan fingerprint density at radius 2 is 2.27 bits per heavy atom. The van der Waals surface area contributed by atoms with Crippen LogP contribution in [0.15, 0.2) is 29.6 Å². The molecule has 1 atom stereocenters. The summed E-state index contributed by atoms with van der Waals surface area (Å²) in [6.07, 6.45) is 1.16. The summed E-state index contributed by atoms with van der Waals surface area (Å²) in [6.45, 7) is 1.22. The van der Waals surface area contributed by atoms with Gasteiger partial charge in [0, 0.05) is 11.1 Å². The summed E-state index contributed by atoms with van der Waals surface area (Å²) in [4.78, 5) is 0. The van der Waals surface area contributed by atoms with Crippen LogP contribution in [-0.4, -0.2) is 13.4 Å². The molecular weight excluding hydrogens is 208 g/mol. The molecule has 0 aliphatic carbocycles. The first-order chi connectivity index (χ1) is 7.45. The van der Waals surface area contributed by atoms with E-state index in [-0.39, 0.29) is 6.10 Å². The fourth-order valence-electron chi connectivity index (χ4n) is 1.98. The first kappa shape index (κ1) is 9.33. The van der Waals surface area contributed by atoms with Crippen molar-refractivity contribution in [2.75, 3.05) is 13.4 Å². The van der Waals surface area contributed by atoms with Crippen molar-refractivity contribution in [3.8, 4) is 0 Å². The van der Waals surface area contributed by atoms with Crippen molar-refractivity contribution in [1.82, 2.24) is 0 Å². The summed E-state index contributed by atoms with van der Waals surface area (Å²) in [5.74, 6) is 0. The van der Waals surface area contributed by atoms with Gasteiger partial charge in [-0.25, -0.2) is 0 Å². The second-order valence-corrected chi connectivity index (χ2v) is 4.57. The van der Waals surface area contributed by atoms with Crippen molar-refractivity contribution >= 4 is 21.4 Å². The van der Waals surface area contributed by atoms with E-state index in [1.807, 2.05) is 0 Å². The molecular formula is C12H12O2S. The summed E-state index contributed by atoms with van der Waals surface area (Å²) in [7, 11) is 0.